The molecule has 3 saturated heterocycles. The van der Waals surface area contributed by atoms with Gasteiger partial charge in [0.2, 0.25) is 5.60 Å². The summed E-state index contributed by atoms with van der Waals surface area (Å²) in [6, 6.07) is 15.2. The highest BCUT2D eigenvalue weighted by Gasteiger charge is 2.56. The van der Waals surface area contributed by atoms with Gasteiger partial charge in [0.05, 0.1) is 41.8 Å². The average Bonchev–Trinajstić information content (AvgIpc) is 3.85. The number of alkyl halides is 6. The first kappa shape index (κ1) is 59.8. The van der Waals surface area contributed by atoms with Gasteiger partial charge in [0, 0.05) is 89.2 Å². The zero-order valence-corrected chi connectivity index (χ0v) is 43.0. The fraction of sp³-hybridized carbons (Fsp3) is 0.490. The number of piperidine rings is 1. The number of nitrogens with one attached hydrogen (secondary N) is 1. The van der Waals surface area contributed by atoms with Gasteiger partial charge in [0.1, 0.15) is 22.1 Å². The predicted octanol–water partition coefficient (Wildman–Crippen LogP) is 8.58. The van der Waals surface area contributed by atoms with Gasteiger partial charge in [-0.2, -0.15) is 26.3 Å². The molecule has 0 saturated carbocycles. The first-order valence-corrected chi connectivity index (χ1v) is 24.3. The Morgan fingerprint density at radius 3 is 1.84 bits per heavy atom. The number of piperazine rings is 2. The van der Waals surface area contributed by atoms with Crippen molar-refractivity contribution >= 4 is 71.3 Å². The summed E-state index contributed by atoms with van der Waals surface area (Å²) < 4.78 is 110. The van der Waals surface area contributed by atoms with Crippen LogP contribution in [0.1, 0.15) is 67.3 Å². The maximum absolute atomic E-state index is 14.8. The third-order valence-corrected chi connectivity index (χ3v) is 12.9. The van der Waals surface area contributed by atoms with E-state index in [0.717, 1.165) is 61.5 Å². The smallest absolute Gasteiger partial charge is 0.425 e. The number of esters is 2. The van der Waals surface area contributed by atoms with Crippen molar-refractivity contribution in [1.82, 2.24) is 20.1 Å². The Bertz CT molecular complexity index is 2420. The molecule has 5 heterocycles. The second-order valence-electron chi connectivity index (χ2n) is 16.6. The van der Waals surface area contributed by atoms with E-state index in [2.05, 4.69) is 15.2 Å². The van der Waals surface area contributed by atoms with Gasteiger partial charge in [0.15, 0.2) is 13.2 Å². The minimum Gasteiger partial charge on any atom is -0.480 e. The molecule has 2 atom stereocenters. The molecule has 0 bridgehead atoms. The summed E-state index contributed by atoms with van der Waals surface area (Å²) in [5, 5.41) is 4.45. The van der Waals surface area contributed by atoms with Crippen LogP contribution in [-0.2, 0) is 36.2 Å². The van der Waals surface area contributed by atoms with Crippen molar-refractivity contribution in [2.45, 2.75) is 70.4 Å². The zero-order valence-electron chi connectivity index (χ0n) is 40.5. The lowest BCUT2D eigenvalue weighted by Gasteiger charge is -2.50. The number of carbonyl (C=O) groups excluding carboxylic acids is 4. The number of amides is 2. The van der Waals surface area contributed by atoms with Crippen LogP contribution in [0.15, 0.2) is 78.4 Å². The standard InChI is InChI=1S/C35H38F6N4O6S.C14H20N2O3.2ClH/c1-3-8-28-33(51-23-19-29(52-22-23)35(39,40)41,12-7-14-45(28)31(47)24-20-42-13-11-25(24)34(36,37)38)32(48)44-17-15-43(16-18-44)26-9-5-6-10-27(26)50-21-30(46)49-4-2;1-2-18-14(17)11-19-13-6-4-3-5-12(13)16-9-7-15-8-10-16;;/h5-6,9-11,13,19-20,22,28H,3-4,7-8,12,14-18,21H2,1-2H3;3-6,15H,2,7-11H2,1H3;2*1H/t28-,33+;;;/m1.../s1. The van der Waals surface area contributed by atoms with Crippen LogP contribution in [0.25, 0.3) is 0 Å². The van der Waals surface area contributed by atoms with Gasteiger partial charge in [-0.25, -0.2) is 9.59 Å². The van der Waals surface area contributed by atoms with Crippen molar-refractivity contribution in [3.8, 4) is 17.2 Å². The number of benzene rings is 2. The number of hydrogen-bond acceptors (Lipinski definition) is 14. The van der Waals surface area contributed by atoms with Crippen LogP contribution in [-0.4, -0.2) is 136 Å². The average molecular weight is 1090 g/mol. The molecule has 15 nitrogen and oxygen atoms in total. The number of carbonyl (C=O) groups is 4. The van der Waals surface area contributed by atoms with Crippen LogP contribution in [0.2, 0.25) is 0 Å². The molecule has 1 N–H and O–H groups in total. The molecule has 402 valence electrons. The van der Waals surface area contributed by atoms with E-state index < -0.39 is 57.8 Å². The van der Waals surface area contributed by atoms with Crippen molar-refractivity contribution in [3.63, 3.8) is 0 Å². The van der Waals surface area contributed by atoms with Gasteiger partial charge in [-0.1, -0.05) is 37.6 Å². The van der Waals surface area contributed by atoms with Gasteiger partial charge in [-0.05, 0) is 57.0 Å². The molecule has 0 radical (unpaired) electrons. The lowest BCUT2D eigenvalue weighted by atomic mass is 9.79. The Labute approximate surface area is 436 Å². The highest BCUT2D eigenvalue weighted by atomic mass is 35.5. The van der Waals surface area contributed by atoms with Crippen LogP contribution in [0.4, 0.5) is 37.7 Å². The molecule has 3 aliphatic rings. The van der Waals surface area contributed by atoms with Crippen LogP contribution < -0.4 is 29.3 Å². The van der Waals surface area contributed by atoms with Crippen molar-refractivity contribution < 1.29 is 69.2 Å². The quantitative estimate of drug-likeness (QED) is 0.0844. The maximum Gasteiger partial charge on any atom is 0.425 e. The number of hydrogen-bond donors (Lipinski definition) is 1. The summed E-state index contributed by atoms with van der Waals surface area (Å²) in [5.41, 5.74) is -2.11. The number of nitrogens with zero attached hydrogens (tertiary/aromatic N) is 5. The second kappa shape index (κ2) is 27.5. The van der Waals surface area contributed by atoms with E-state index in [9.17, 15) is 45.5 Å². The van der Waals surface area contributed by atoms with E-state index in [1.807, 2.05) is 29.2 Å². The third-order valence-electron chi connectivity index (χ3n) is 12.0. The third kappa shape index (κ3) is 15.4. The number of ether oxygens (including phenoxy) is 5. The number of anilines is 2. The van der Waals surface area contributed by atoms with Crippen LogP contribution in [0.5, 0.6) is 17.2 Å². The van der Waals surface area contributed by atoms with Gasteiger partial charge in [0.25, 0.3) is 11.8 Å². The molecule has 4 aromatic rings. The van der Waals surface area contributed by atoms with Gasteiger partial charge < -0.3 is 48.6 Å². The molecule has 2 aromatic carbocycles. The SMILES string of the molecule is CCC[C@H]1N(C(=O)c2cnccc2C(F)(F)F)CCC[C@@]1(Oc1csc(C(F)(F)F)c1)C(=O)N1CCN(c2ccccc2OCC(=O)OCC)CC1.CCOC(=O)COc1ccccc1N1CCNCC1.Cl.Cl. The summed E-state index contributed by atoms with van der Waals surface area (Å²) in [4.78, 5) is 61.8. The molecule has 7 rings (SSSR count). The van der Waals surface area contributed by atoms with E-state index in [1.165, 1.54) is 9.80 Å². The van der Waals surface area contributed by atoms with Crippen LogP contribution in [0.3, 0.4) is 0 Å². The fourth-order valence-corrected chi connectivity index (χ4v) is 9.46. The first-order chi connectivity index (χ1) is 34.0. The van der Waals surface area contributed by atoms with Gasteiger partial charge >= 0.3 is 24.3 Å². The summed E-state index contributed by atoms with van der Waals surface area (Å²) in [6.07, 6.45) is -7.19. The zero-order chi connectivity index (χ0) is 51.2. The Morgan fingerprint density at radius 2 is 1.32 bits per heavy atom. The number of halogens is 8. The van der Waals surface area contributed by atoms with Crippen LogP contribution in [0, 0.1) is 0 Å². The Morgan fingerprint density at radius 1 is 0.753 bits per heavy atom. The van der Waals surface area contributed by atoms with E-state index in [4.69, 9.17) is 23.7 Å². The summed E-state index contributed by atoms with van der Waals surface area (Å²) >= 11 is 0.386. The highest BCUT2D eigenvalue weighted by Crippen LogP contribution is 2.43. The lowest BCUT2D eigenvalue weighted by Crippen LogP contribution is -2.69. The van der Waals surface area contributed by atoms with E-state index in [0.29, 0.717) is 55.0 Å². The number of rotatable bonds is 16. The minimum absolute atomic E-state index is 0. The van der Waals surface area contributed by atoms with Crippen LogP contribution >= 0.6 is 36.2 Å². The molecule has 0 spiro atoms. The number of aromatic nitrogens is 1. The molecule has 2 aromatic heterocycles. The Hall–Kier alpha value is -5.71. The first-order valence-electron chi connectivity index (χ1n) is 23.4. The topological polar surface area (TPSA) is 152 Å². The summed E-state index contributed by atoms with van der Waals surface area (Å²) in [5.74, 6) is -1.54. The van der Waals surface area contributed by atoms with E-state index >= 15 is 0 Å². The normalized spacial score (nSPS) is 18.0. The highest BCUT2D eigenvalue weighted by molar-refractivity contribution is 7.10. The summed E-state index contributed by atoms with van der Waals surface area (Å²) in [7, 11) is 0. The van der Waals surface area contributed by atoms with E-state index in [-0.39, 0.29) is 95.3 Å². The van der Waals surface area contributed by atoms with Crippen molar-refractivity contribution in [3.05, 3.63) is 94.4 Å². The lowest BCUT2D eigenvalue weighted by molar-refractivity contribution is -0.159. The Balaban J connectivity index is 0.000000462. The van der Waals surface area contributed by atoms with Gasteiger partial charge in [-0.3, -0.25) is 14.6 Å². The number of thiophene rings is 1. The van der Waals surface area contributed by atoms with Crippen molar-refractivity contribution in [2.24, 2.45) is 0 Å². The largest absolute Gasteiger partial charge is 0.480 e. The monoisotopic (exact) mass is 1090 g/mol. The molecule has 3 aliphatic heterocycles. The number of likely N-dealkylation sites (tertiary alicyclic amines) is 1. The minimum atomic E-state index is -4.87. The number of pyridine rings is 1. The molecular weight excluding hydrogens is 1030 g/mol. The van der Waals surface area contributed by atoms with E-state index in [1.54, 1.807) is 45.0 Å². The Kier molecular flexibility index (Phi) is 22.6. The molecule has 0 aliphatic carbocycles. The van der Waals surface area contributed by atoms with Crippen molar-refractivity contribution in [2.75, 3.05) is 95.1 Å². The predicted molar refractivity (Wildman–Crippen MR) is 266 cm³/mol. The molecule has 73 heavy (non-hydrogen) atoms. The summed E-state index contributed by atoms with van der Waals surface area (Å²) in [6.45, 7) is 10.1. The number of para-hydroxylation sites is 4. The molecule has 0 unspecified atom stereocenters. The second-order valence-corrected chi connectivity index (χ2v) is 17.5. The maximum atomic E-state index is 14.8. The fourth-order valence-electron chi connectivity index (χ4n) is 8.79. The molecule has 24 heteroatoms. The molecule has 2 amide bonds. The van der Waals surface area contributed by atoms with Gasteiger partial charge in [-0.15, -0.1) is 36.2 Å². The molecular formula is C49H60Cl2F6N6O9S. The van der Waals surface area contributed by atoms with Crippen molar-refractivity contribution in [1.29, 1.82) is 0 Å². The molecule has 3 fully saturated rings.